The van der Waals surface area contributed by atoms with E-state index in [9.17, 15) is 9.18 Å². The van der Waals surface area contributed by atoms with E-state index in [1.165, 1.54) is 12.1 Å². The average molecular weight is 243 g/mol. The molecule has 1 atom stereocenters. The van der Waals surface area contributed by atoms with Crippen molar-refractivity contribution in [2.45, 2.75) is 33.1 Å². The average Bonchev–Trinajstić information content (AvgIpc) is 2.24. The lowest BCUT2D eigenvalue weighted by Gasteiger charge is -2.09. The summed E-state index contributed by atoms with van der Waals surface area (Å²) in [6.45, 7) is 3.96. The van der Waals surface area contributed by atoms with Gasteiger partial charge in [-0.3, -0.25) is 4.79 Å². The lowest BCUT2D eigenvalue weighted by molar-refractivity contribution is -0.121. The third kappa shape index (κ3) is 3.60. The number of hydrogen-bond acceptors (Lipinski definition) is 1. The van der Waals surface area contributed by atoms with Crippen molar-refractivity contribution in [1.82, 2.24) is 0 Å². The first-order chi connectivity index (χ1) is 7.54. The predicted molar refractivity (Wildman–Crippen MR) is 64.2 cm³/mol. The molecule has 1 nitrogen and oxygen atoms in total. The summed E-state index contributed by atoms with van der Waals surface area (Å²) >= 11 is 5.57. The van der Waals surface area contributed by atoms with Crippen molar-refractivity contribution in [2.24, 2.45) is 5.92 Å². The van der Waals surface area contributed by atoms with Gasteiger partial charge in [-0.15, -0.1) is 0 Å². The second-order valence-corrected chi connectivity index (χ2v) is 4.49. The minimum atomic E-state index is -0.463. The van der Waals surface area contributed by atoms with Crippen molar-refractivity contribution < 1.29 is 9.18 Å². The van der Waals surface area contributed by atoms with E-state index < -0.39 is 5.82 Å². The van der Waals surface area contributed by atoms with Crippen LogP contribution in [0, 0.1) is 11.7 Å². The quantitative estimate of drug-likeness (QED) is 0.762. The van der Waals surface area contributed by atoms with Gasteiger partial charge >= 0.3 is 0 Å². The topological polar surface area (TPSA) is 17.1 Å². The zero-order valence-electron chi connectivity index (χ0n) is 9.59. The van der Waals surface area contributed by atoms with E-state index in [1.807, 2.05) is 13.8 Å². The molecule has 0 aliphatic heterocycles. The summed E-state index contributed by atoms with van der Waals surface area (Å²) < 4.78 is 13.1. The molecule has 0 radical (unpaired) electrons. The molecule has 1 aromatic carbocycles. The molecule has 0 fully saturated rings. The first-order valence-electron chi connectivity index (χ1n) is 5.51. The van der Waals surface area contributed by atoms with Gasteiger partial charge in [0.2, 0.25) is 0 Å². The van der Waals surface area contributed by atoms with Crippen LogP contribution in [0.15, 0.2) is 18.2 Å². The summed E-state index contributed by atoms with van der Waals surface area (Å²) in [4.78, 5) is 11.7. The van der Waals surface area contributed by atoms with E-state index in [0.29, 0.717) is 5.56 Å². The maximum absolute atomic E-state index is 13.1. The number of benzene rings is 1. The molecule has 0 saturated heterocycles. The van der Waals surface area contributed by atoms with Gasteiger partial charge in [0.25, 0.3) is 0 Å². The molecule has 0 amide bonds. The van der Waals surface area contributed by atoms with Crippen molar-refractivity contribution >= 4 is 17.4 Å². The number of carbonyl (C=O) groups excluding carboxylic acids is 1. The lowest BCUT2D eigenvalue weighted by atomic mass is 9.96. The van der Waals surface area contributed by atoms with Crippen LogP contribution >= 0.6 is 11.6 Å². The highest BCUT2D eigenvalue weighted by Gasteiger charge is 2.13. The van der Waals surface area contributed by atoms with Crippen LogP contribution in [0.3, 0.4) is 0 Å². The van der Waals surface area contributed by atoms with Gasteiger partial charge in [-0.25, -0.2) is 4.39 Å². The van der Waals surface area contributed by atoms with Gasteiger partial charge in [0.15, 0.2) is 0 Å². The van der Waals surface area contributed by atoms with E-state index in [0.717, 1.165) is 12.8 Å². The van der Waals surface area contributed by atoms with Crippen LogP contribution in [0.2, 0.25) is 5.02 Å². The fraction of sp³-hybridized carbons (Fsp3) is 0.462. The number of Topliss-reactive ketones (excluding diaryl/α,β-unsaturated/α-hetero) is 1. The SMILES string of the molecule is CCCC(C)C(=O)Cc1ccc(Cl)c(F)c1. The van der Waals surface area contributed by atoms with Crippen LogP contribution in [-0.4, -0.2) is 5.78 Å². The third-order valence-corrected chi connectivity index (χ3v) is 2.94. The fourth-order valence-electron chi connectivity index (χ4n) is 1.62. The van der Waals surface area contributed by atoms with Crippen molar-refractivity contribution in [3.05, 3.63) is 34.6 Å². The molecule has 16 heavy (non-hydrogen) atoms. The van der Waals surface area contributed by atoms with E-state index in [-0.39, 0.29) is 23.1 Å². The first-order valence-corrected chi connectivity index (χ1v) is 5.89. The van der Waals surface area contributed by atoms with Gasteiger partial charge in [-0.05, 0) is 24.1 Å². The van der Waals surface area contributed by atoms with Gasteiger partial charge in [0.05, 0.1) is 5.02 Å². The number of carbonyl (C=O) groups is 1. The highest BCUT2D eigenvalue weighted by Crippen LogP contribution is 2.17. The molecule has 1 rings (SSSR count). The molecule has 0 saturated carbocycles. The van der Waals surface area contributed by atoms with Crippen LogP contribution in [0.5, 0.6) is 0 Å². The summed E-state index contributed by atoms with van der Waals surface area (Å²) in [6, 6.07) is 4.52. The largest absolute Gasteiger partial charge is 0.299 e. The lowest BCUT2D eigenvalue weighted by Crippen LogP contribution is -2.13. The second-order valence-electron chi connectivity index (χ2n) is 4.08. The monoisotopic (exact) mass is 242 g/mol. The molecule has 0 aromatic heterocycles. The van der Waals surface area contributed by atoms with Crippen LogP contribution in [0.1, 0.15) is 32.3 Å². The summed E-state index contributed by atoms with van der Waals surface area (Å²) in [6.07, 6.45) is 2.16. The fourth-order valence-corrected chi connectivity index (χ4v) is 1.74. The summed E-state index contributed by atoms with van der Waals surface area (Å²) in [5.74, 6) is -0.262. The third-order valence-electron chi connectivity index (χ3n) is 2.63. The highest BCUT2D eigenvalue weighted by atomic mass is 35.5. The standard InChI is InChI=1S/C13H16ClFO/c1-3-4-9(2)13(16)8-10-5-6-11(14)12(15)7-10/h5-7,9H,3-4,8H2,1-2H3. The Hall–Kier alpha value is -0.890. The van der Waals surface area contributed by atoms with E-state index in [4.69, 9.17) is 11.6 Å². The van der Waals surface area contributed by atoms with Crippen molar-refractivity contribution in [1.29, 1.82) is 0 Å². The second kappa shape index (κ2) is 6.00. The Morgan fingerprint density at radius 3 is 2.75 bits per heavy atom. The Morgan fingerprint density at radius 2 is 2.19 bits per heavy atom. The Bertz CT molecular complexity index is 376. The molecular weight excluding hydrogens is 227 g/mol. The zero-order chi connectivity index (χ0) is 12.1. The first kappa shape index (κ1) is 13.2. The minimum absolute atomic E-state index is 0.0451. The maximum atomic E-state index is 13.1. The van der Waals surface area contributed by atoms with Crippen molar-refractivity contribution in [3.8, 4) is 0 Å². The molecule has 3 heteroatoms. The zero-order valence-corrected chi connectivity index (χ0v) is 10.4. The molecule has 0 heterocycles. The van der Waals surface area contributed by atoms with Crippen LogP contribution < -0.4 is 0 Å². The highest BCUT2D eigenvalue weighted by molar-refractivity contribution is 6.30. The van der Waals surface area contributed by atoms with Gasteiger partial charge in [-0.2, -0.15) is 0 Å². The molecular formula is C13H16ClFO. The Kier molecular flexibility index (Phi) is 4.94. The number of rotatable bonds is 5. The molecule has 88 valence electrons. The van der Waals surface area contributed by atoms with Gasteiger partial charge in [0.1, 0.15) is 11.6 Å². The Labute approximate surface area is 101 Å². The summed E-state index contributed by atoms with van der Waals surface area (Å²) in [7, 11) is 0. The summed E-state index contributed by atoms with van der Waals surface area (Å²) in [5, 5.41) is 0.0952. The molecule has 0 N–H and O–H groups in total. The molecule has 1 aromatic rings. The molecule has 0 bridgehead atoms. The van der Waals surface area contributed by atoms with Crippen LogP contribution in [0.25, 0.3) is 0 Å². The number of ketones is 1. The summed E-state index contributed by atoms with van der Waals surface area (Å²) in [5.41, 5.74) is 0.690. The van der Waals surface area contributed by atoms with Crippen molar-refractivity contribution in [3.63, 3.8) is 0 Å². The molecule has 1 unspecified atom stereocenters. The predicted octanol–water partition coefficient (Wildman–Crippen LogP) is 4.03. The maximum Gasteiger partial charge on any atom is 0.142 e. The number of hydrogen-bond donors (Lipinski definition) is 0. The minimum Gasteiger partial charge on any atom is -0.299 e. The van der Waals surface area contributed by atoms with Crippen LogP contribution in [0.4, 0.5) is 4.39 Å². The van der Waals surface area contributed by atoms with Gasteiger partial charge in [0, 0.05) is 12.3 Å². The molecule has 0 aliphatic rings. The van der Waals surface area contributed by atoms with E-state index in [1.54, 1.807) is 6.07 Å². The molecule has 0 aliphatic carbocycles. The Morgan fingerprint density at radius 1 is 1.50 bits per heavy atom. The number of halogens is 2. The van der Waals surface area contributed by atoms with Gasteiger partial charge < -0.3 is 0 Å². The van der Waals surface area contributed by atoms with E-state index in [2.05, 4.69) is 0 Å². The van der Waals surface area contributed by atoms with Crippen LogP contribution in [-0.2, 0) is 11.2 Å². The Balaban J connectivity index is 2.66. The van der Waals surface area contributed by atoms with E-state index >= 15 is 0 Å². The van der Waals surface area contributed by atoms with Gasteiger partial charge in [-0.1, -0.05) is 37.9 Å². The normalized spacial score (nSPS) is 12.5. The molecule has 0 spiro atoms. The van der Waals surface area contributed by atoms with Crippen molar-refractivity contribution in [2.75, 3.05) is 0 Å². The smallest absolute Gasteiger partial charge is 0.142 e.